The Morgan fingerprint density at radius 3 is 2.63 bits per heavy atom. The standard InChI is InChI=1S/C11H18N4O4/c1-6(2)9(16)12-13-10(17)8-4-3-7-5-14(8)11(18)15(7)19/h6-8,19H,3-5H2,1-2H3,(H,12,16)(H,13,17)/t7-,8+/m1/s1. The molecule has 2 saturated heterocycles. The summed E-state index contributed by atoms with van der Waals surface area (Å²) in [7, 11) is 0. The Bertz CT molecular complexity index is 411. The number of nitrogens with zero attached hydrogens (tertiary/aromatic N) is 2. The number of carbonyl (C=O) groups excluding carboxylic acids is 3. The maximum atomic E-state index is 11.9. The Hall–Kier alpha value is -1.83. The number of urea groups is 1. The molecule has 0 aliphatic carbocycles. The molecule has 2 aliphatic rings. The Morgan fingerprint density at radius 2 is 2.00 bits per heavy atom. The van der Waals surface area contributed by atoms with Crippen molar-refractivity contribution in [3.63, 3.8) is 0 Å². The van der Waals surface area contributed by atoms with Gasteiger partial charge in [0.2, 0.25) is 5.91 Å². The fraction of sp³-hybridized carbons (Fsp3) is 0.727. The molecule has 19 heavy (non-hydrogen) atoms. The summed E-state index contributed by atoms with van der Waals surface area (Å²) in [5, 5.41) is 10.2. The number of hydrogen-bond acceptors (Lipinski definition) is 4. The monoisotopic (exact) mass is 270 g/mol. The summed E-state index contributed by atoms with van der Waals surface area (Å²) in [5.74, 6) is -0.966. The van der Waals surface area contributed by atoms with Crippen molar-refractivity contribution in [1.29, 1.82) is 0 Å². The van der Waals surface area contributed by atoms with Crippen LogP contribution in [0.1, 0.15) is 26.7 Å². The number of piperidine rings is 1. The molecule has 0 saturated carbocycles. The molecule has 8 heteroatoms. The van der Waals surface area contributed by atoms with Crippen molar-refractivity contribution in [3.05, 3.63) is 0 Å². The van der Waals surface area contributed by atoms with E-state index in [1.165, 1.54) is 4.90 Å². The third kappa shape index (κ3) is 2.48. The highest BCUT2D eigenvalue weighted by molar-refractivity contribution is 5.90. The van der Waals surface area contributed by atoms with E-state index in [0.717, 1.165) is 0 Å². The van der Waals surface area contributed by atoms with Crippen LogP contribution in [0.25, 0.3) is 0 Å². The van der Waals surface area contributed by atoms with Crippen LogP contribution in [0.15, 0.2) is 0 Å². The van der Waals surface area contributed by atoms with Gasteiger partial charge in [0.1, 0.15) is 6.04 Å². The lowest BCUT2D eigenvalue weighted by molar-refractivity contribution is -0.133. The van der Waals surface area contributed by atoms with Gasteiger partial charge in [-0.3, -0.25) is 25.6 Å². The third-order valence-electron chi connectivity index (χ3n) is 3.48. The van der Waals surface area contributed by atoms with Gasteiger partial charge in [0.05, 0.1) is 6.04 Å². The molecule has 0 spiro atoms. The largest absolute Gasteiger partial charge is 0.344 e. The second-order valence-electron chi connectivity index (χ2n) is 5.16. The lowest BCUT2D eigenvalue weighted by Gasteiger charge is -2.29. The van der Waals surface area contributed by atoms with Gasteiger partial charge < -0.3 is 4.90 Å². The Morgan fingerprint density at radius 1 is 1.32 bits per heavy atom. The van der Waals surface area contributed by atoms with E-state index in [1.54, 1.807) is 13.8 Å². The zero-order valence-electron chi connectivity index (χ0n) is 10.9. The molecule has 8 nitrogen and oxygen atoms in total. The number of hydrogen-bond donors (Lipinski definition) is 3. The van der Waals surface area contributed by atoms with Crippen LogP contribution in [0.3, 0.4) is 0 Å². The molecule has 0 aromatic carbocycles. The van der Waals surface area contributed by atoms with Crippen LogP contribution in [0.2, 0.25) is 0 Å². The smallest absolute Gasteiger partial charge is 0.309 e. The molecular weight excluding hydrogens is 252 g/mol. The molecule has 106 valence electrons. The van der Waals surface area contributed by atoms with E-state index in [4.69, 9.17) is 0 Å². The zero-order valence-corrected chi connectivity index (χ0v) is 10.9. The fourth-order valence-electron chi connectivity index (χ4n) is 2.27. The number of fused-ring (bicyclic) bond motifs is 2. The first kappa shape index (κ1) is 13.6. The van der Waals surface area contributed by atoms with Crippen molar-refractivity contribution in [2.75, 3.05) is 6.54 Å². The van der Waals surface area contributed by atoms with Crippen molar-refractivity contribution in [1.82, 2.24) is 20.8 Å². The second kappa shape index (κ2) is 5.04. The Labute approximate surface area is 110 Å². The van der Waals surface area contributed by atoms with Crippen LogP contribution >= 0.6 is 0 Å². The first-order valence-corrected chi connectivity index (χ1v) is 6.30. The van der Waals surface area contributed by atoms with Crippen molar-refractivity contribution < 1.29 is 19.6 Å². The van der Waals surface area contributed by atoms with Crippen molar-refractivity contribution in [3.8, 4) is 0 Å². The quantitative estimate of drug-likeness (QED) is 0.462. The SMILES string of the molecule is CC(C)C(=O)NNC(=O)[C@@H]1CC[C@@H]2CN1C(=O)N2O. The van der Waals surface area contributed by atoms with Gasteiger partial charge in [0, 0.05) is 12.5 Å². The average molecular weight is 270 g/mol. The fourth-order valence-corrected chi connectivity index (χ4v) is 2.27. The molecule has 0 radical (unpaired) electrons. The Balaban J connectivity index is 1.93. The first-order valence-electron chi connectivity index (χ1n) is 6.30. The molecule has 2 atom stereocenters. The van der Waals surface area contributed by atoms with Crippen LogP contribution < -0.4 is 10.9 Å². The van der Waals surface area contributed by atoms with Gasteiger partial charge in [0.15, 0.2) is 0 Å². The predicted molar refractivity (Wildman–Crippen MR) is 63.7 cm³/mol. The minimum atomic E-state index is -0.645. The molecule has 0 aromatic heterocycles. The van der Waals surface area contributed by atoms with E-state index in [2.05, 4.69) is 10.9 Å². The first-order chi connectivity index (χ1) is 8.91. The lowest BCUT2D eigenvalue weighted by atomic mass is 10.0. The number of nitrogens with one attached hydrogen (secondary N) is 2. The molecular formula is C11H18N4O4. The van der Waals surface area contributed by atoms with Gasteiger partial charge in [-0.1, -0.05) is 13.8 Å². The number of amides is 4. The van der Waals surface area contributed by atoms with Crippen molar-refractivity contribution in [2.45, 2.75) is 38.8 Å². The van der Waals surface area contributed by atoms with Crippen LogP contribution in [-0.2, 0) is 9.59 Å². The lowest BCUT2D eigenvalue weighted by Crippen LogP contribution is -2.54. The summed E-state index contributed by atoms with van der Waals surface area (Å²) in [6, 6.07) is -1.44. The third-order valence-corrected chi connectivity index (χ3v) is 3.48. The van der Waals surface area contributed by atoms with E-state index < -0.39 is 18.0 Å². The molecule has 2 aliphatic heterocycles. The van der Waals surface area contributed by atoms with Gasteiger partial charge in [-0.2, -0.15) is 0 Å². The van der Waals surface area contributed by atoms with Crippen molar-refractivity contribution in [2.24, 2.45) is 5.92 Å². The molecule has 2 heterocycles. The predicted octanol–water partition coefficient (Wildman–Crippen LogP) is -0.552. The number of rotatable bonds is 2. The van der Waals surface area contributed by atoms with Gasteiger partial charge >= 0.3 is 6.03 Å². The van der Waals surface area contributed by atoms with Gasteiger partial charge in [-0.05, 0) is 12.8 Å². The van der Waals surface area contributed by atoms with Gasteiger partial charge in [-0.25, -0.2) is 9.86 Å². The van der Waals surface area contributed by atoms with E-state index in [9.17, 15) is 19.6 Å². The molecule has 0 aromatic rings. The molecule has 2 bridgehead atoms. The molecule has 2 rings (SSSR count). The topological polar surface area (TPSA) is 102 Å². The summed E-state index contributed by atoms with van der Waals surface area (Å²) in [4.78, 5) is 36.3. The minimum Gasteiger partial charge on any atom is -0.309 e. The summed E-state index contributed by atoms with van der Waals surface area (Å²) >= 11 is 0. The van der Waals surface area contributed by atoms with E-state index >= 15 is 0 Å². The minimum absolute atomic E-state index is 0.234. The van der Waals surface area contributed by atoms with Crippen LogP contribution in [0, 0.1) is 5.92 Å². The summed E-state index contributed by atoms with van der Waals surface area (Å²) in [5.41, 5.74) is 4.63. The molecule has 4 amide bonds. The van der Waals surface area contributed by atoms with E-state index in [-0.39, 0.29) is 17.9 Å². The highest BCUT2D eigenvalue weighted by Crippen LogP contribution is 2.28. The van der Waals surface area contributed by atoms with Crippen LogP contribution in [0.5, 0.6) is 0 Å². The number of hydrazine groups is 1. The highest BCUT2D eigenvalue weighted by Gasteiger charge is 2.46. The maximum absolute atomic E-state index is 11.9. The highest BCUT2D eigenvalue weighted by atomic mass is 16.5. The maximum Gasteiger partial charge on any atom is 0.344 e. The van der Waals surface area contributed by atoms with E-state index in [0.29, 0.717) is 24.4 Å². The van der Waals surface area contributed by atoms with Crippen LogP contribution in [0.4, 0.5) is 4.79 Å². The average Bonchev–Trinajstić information content (AvgIpc) is 2.61. The van der Waals surface area contributed by atoms with Gasteiger partial charge in [0.25, 0.3) is 5.91 Å². The number of hydroxylamine groups is 2. The number of carbonyl (C=O) groups is 3. The van der Waals surface area contributed by atoms with Gasteiger partial charge in [-0.15, -0.1) is 0 Å². The molecule has 0 unspecified atom stereocenters. The zero-order chi connectivity index (χ0) is 14.2. The summed E-state index contributed by atoms with van der Waals surface area (Å²) in [6.07, 6.45) is 1.03. The Kier molecular flexibility index (Phi) is 3.61. The van der Waals surface area contributed by atoms with E-state index in [1.807, 2.05) is 0 Å². The second-order valence-corrected chi connectivity index (χ2v) is 5.16. The summed E-state index contributed by atoms with van der Waals surface area (Å²) < 4.78 is 0. The normalized spacial score (nSPS) is 25.8. The van der Waals surface area contributed by atoms with Crippen LogP contribution in [-0.4, -0.2) is 51.6 Å². The van der Waals surface area contributed by atoms with Crippen molar-refractivity contribution >= 4 is 17.8 Å². The molecule has 2 fully saturated rings. The molecule has 3 N–H and O–H groups in total. The summed E-state index contributed by atoms with van der Waals surface area (Å²) in [6.45, 7) is 3.76.